The Morgan fingerprint density at radius 2 is 2.26 bits per heavy atom. The molecule has 2 aromatic carbocycles. The van der Waals surface area contributed by atoms with E-state index in [1.807, 2.05) is 30.3 Å². The maximum Gasteiger partial charge on any atom is 0.347 e. The van der Waals surface area contributed by atoms with Gasteiger partial charge in [-0.15, -0.1) is 0 Å². The molecular formula is C15H15NO3. The van der Waals surface area contributed by atoms with Gasteiger partial charge in [-0.1, -0.05) is 24.3 Å². The molecule has 1 aliphatic heterocycles. The Morgan fingerprint density at radius 1 is 1.47 bits per heavy atom. The van der Waals surface area contributed by atoms with Crippen LogP contribution >= 0.6 is 0 Å². The lowest BCUT2D eigenvalue weighted by atomic mass is 10.00. The maximum absolute atomic E-state index is 11.8. The van der Waals surface area contributed by atoms with Gasteiger partial charge in [0.05, 0.1) is 12.3 Å². The van der Waals surface area contributed by atoms with Crippen LogP contribution in [0.2, 0.25) is 0 Å². The van der Waals surface area contributed by atoms with Gasteiger partial charge in [0.1, 0.15) is 5.75 Å². The van der Waals surface area contributed by atoms with Crippen molar-refractivity contribution < 1.29 is 14.3 Å². The molecule has 0 bridgehead atoms. The smallest absolute Gasteiger partial charge is 0.347 e. The van der Waals surface area contributed by atoms with Crippen LogP contribution in [0.25, 0.3) is 10.8 Å². The lowest BCUT2D eigenvalue weighted by Crippen LogP contribution is -2.27. The van der Waals surface area contributed by atoms with E-state index in [1.165, 1.54) is 0 Å². The van der Waals surface area contributed by atoms with E-state index in [1.54, 1.807) is 6.92 Å². The summed E-state index contributed by atoms with van der Waals surface area (Å²) in [4.78, 5) is 11.8. The van der Waals surface area contributed by atoms with E-state index in [0.29, 0.717) is 24.5 Å². The van der Waals surface area contributed by atoms with Crippen LogP contribution in [-0.4, -0.2) is 18.7 Å². The second-order valence-corrected chi connectivity index (χ2v) is 4.56. The summed E-state index contributed by atoms with van der Waals surface area (Å²) in [6.07, 6.45) is -0.0669. The standard InChI is InChI=1S/C15H15NO3/c1-2-18-15(17)13-8-11-10-6-4-3-5-9(10)7-12(16)14(11)19-13/h3-7,13H,2,8,16H2,1H3. The molecule has 0 fully saturated rings. The zero-order chi connectivity index (χ0) is 13.4. The molecule has 19 heavy (non-hydrogen) atoms. The molecule has 1 atom stereocenters. The van der Waals surface area contributed by atoms with Crippen LogP contribution in [0.15, 0.2) is 30.3 Å². The first kappa shape index (κ1) is 11.8. The van der Waals surface area contributed by atoms with Gasteiger partial charge in [0, 0.05) is 12.0 Å². The van der Waals surface area contributed by atoms with Gasteiger partial charge in [0.15, 0.2) is 6.10 Å². The summed E-state index contributed by atoms with van der Waals surface area (Å²) in [6, 6.07) is 9.83. The van der Waals surface area contributed by atoms with Crippen molar-refractivity contribution in [1.82, 2.24) is 0 Å². The minimum absolute atomic E-state index is 0.331. The zero-order valence-corrected chi connectivity index (χ0v) is 10.7. The van der Waals surface area contributed by atoms with Crippen molar-refractivity contribution in [3.05, 3.63) is 35.9 Å². The topological polar surface area (TPSA) is 61.5 Å². The second kappa shape index (κ2) is 4.46. The fourth-order valence-corrected chi connectivity index (χ4v) is 2.51. The molecular weight excluding hydrogens is 242 g/mol. The van der Waals surface area contributed by atoms with E-state index in [2.05, 4.69) is 0 Å². The highest BCUT2D eigenvalue weighted by Crippen LogP contribution is 2.40. The quantitative estimate of drug-likeness (QED) is 0.662. The zero-order valence-electron chi connectivity index (χ0n) is 10.7. The Labute approximate surface area is 111 Å². The number of nitrogen functional groups attached to an aromatic ring is 1. The summed E-state index contributed by atoms with van der Waals surface area (Å²) in [5, 5.41) is 2.14. The Balaban J connectivity index is 2.05. The lowest BCUT2D eigenvalue weighted by molar-refractivity contribution is -0.150. The number of ether oxygens (including phenoxy) is 2. The van der Waals surface area contributed by atoms with Crippen molar-refractivity contribution in [2.24, 2.45) is 0 Å². The van der Waals surface area contributed by atoms with Crippen molar-refractivity contribution in [3.8, 4) is 5.75 Å². The molecule has 1 unspecified atom stereocenters. The van der Waals surface area contributed by atoms with Gasteiger partial charge in [0.2, 0.25) is 0 Å². The lowest BCUT2D eigenvalue weighted by Gasteiger charge is -2.10. The molecule has 4 nitrogen and oxygen atoms in total. The molecule has 1 heterocycles. The highest BCUT2D eigenvalue weighted by molar-refractivity contribution is 5.94. The number of anilines is 1. The Kier molecular flexibility index (Phi) is 2.78. The van der Waals surface area contributed by atoms with Crippen molar-refractivity contribution in [1.29, 1.82) is 0 Å². The molecule has 0 spiro atoms. The van der Waals surface area contributed by atoms with E-state index in [9.17, 15) is 4.79 Å². The Morgan fingerprint density at radius 3 is 3.05 bits per heavy atom. The molecule has 0 aromatic heterocycles. The number of fused-ring (bicyclic) bond motifs is 3. The summed E-state index contributed by atoms with van der Waals surface area (Å²) in [5.74, 6) is 0.291. The predicted molar refractivity (Wildman–Crippen MR) is 73.1 cm³/mol. The van der Waals surface area contributed by atoms with Gasteiger partial charge in [-0.2, -0.15) is 0 Å². The van der Waals surface area contributed by atoms with Crippen LogP contribution in [-0.2, 0) is 16.0 Å². The average Bonchev–Trinajstić information content (AvgIpc) is 2.85. The van der Waals surface area contributed by atoms with Crippen molar-refractivity contribution >= 4 is 22.4 Å². The molecule has 4 heteroatoms. The van der Waals surface area contributed by atoms with Crippen molar-refractivity contribution in [2.45, 2.75) is 19.4 Å². The van der Waals surface area contributed by atoms with Crippen LogP contribution in [0.3, 0.4) is 0 Å². The number of nitrogens with two attached hydrogens (primary N) is 1. The minimum atomic E-state index is -0.581. The van der Waals surface area contributed by atoms with Gasteiger partial charge in [-0.3, -0.25) is 0 Å². The van der Waals surface area contributed by atoms with Gasteiger partial charge in [0.25, 0.3) is 0 Å². The third-order valence-corrected chi connectivity index (χ3v) is 3.33. The Bertz CT molecular complexity index is 651. The fraction of sp³-hybridized carbons (Fsp3) is 0.267. The van der Waals surface area contributed by atoms with Crippen LogP contribution in [0.1, 0.15) is 12.5 Å². The molecule has 1 aliphatic rings. The first-order valence-electron chi connectivity index (χ1n) is 6.34. The molecule has 2 aromatic rings. The van der Waals surface area contributed by atoms with Crippen LogP contribution in [0, 0.1) is 0 Å². The van der Waals surface area contributed by atoms with E-state index >= 15 is 0 Å². The summed E-state index contributed by atoms with van der Waals surface area (Å²) in [6.45, 7) is 2.13. The van der Waals surface area contributed by atoms with E-state index in [-0.39, 0.29) is 5.97 Å². The van der Waals surface area contributed by atoms with E-state index in [4.69, 9.17) is 15.2 Å². The number of hydrogen-bond acceptors (Lipinski definition) is 4. The largest absolute Gasteiger partial charge is 0.476 e. The summed E-state index contributed by atoms with van der Waals surface area (Å²) in [5.41, 5.74) is 7.56. The van der Waals surface area contributed by atoms with Gasteiger partial charge >= 0.3 is 5.97 Å². The van der Waals surface area contributed by atoms with Crippen LogP contribution in [0.4, 0.5) is 5.69 Å². The summed E-state index contributed by atoms with van der Waals surface area (Å²) >= 11 is 0. The average molecular weight is 257 g/mol. The molecule has 0 amide bonds. The number of carbonyl (C=O) groups excluding carboxylic acids is 1. The number of hydrogen-bond donors (Lipinski definition) is 1. The predicted octanol–water partition coefficient (Wildman–Crippen LogP) is 2.29. The second-order valence-electron chi connectivity index (χ2n) is 4.56. The monoisotopic (exact) mass is 257 g/mol. The SMILES string of the molecule is CCOC(=O)C1Cc2c(c(N)cc3ccccc23)O1. The number of carbonyl (C=O) groups is 1. The fourth-order valence-electron chi connectivity index (χ4n) is 2.51. The van der Waals surface area contributed by atoms with Crippen LogP contribution < -0.4 is 10.5 Å². The maximum atomic E-state index is 11.8. The molecule has 3 rings (SSSR count). The van der Waals surface area contributed by atoms with E-state index in [0.717, 1.165) is 16.3 Å². The first-order valence-corrected chi connectivity index (χ1v) is 6.34. The third kappa shape index (κ3) is 1.89. The van der Waals surface area contributed by atoms with Gasteiger partial charge in [-0.25, -0.2) is 4.79 Å². The molecule has 98 valence electrons. The molecule has 0 saturated carbocycles. The third-order valence-electron chi connectivity index (χ3n) is 3.33. The first-order chi connectivity index (χ1) is 9.20. The van der Waals surface area contributed by atoms with Crippen LogP contribution in [0.5, 0.6) is 5.75 Å². The molecule has 0 radical (unpaired) electrons. The summed E-state index contributed by atoms with van der Waals surface area (Å²) < 4.78 is 10.7. The van der Waals surface area contributed by atoms with Crippen molar-refractivity contribution in [3.63, 3.8) is 0 Å². The molecule has 0 aliphatic carbocycles. The molecule has 0 saturated heterocycles. The molecule has 2 N–H and O–H groups in total. The van der Waals surface area contributed by atoms with Gasteiger partial charge in [-0.05, 0) is 23.8 Å². The highest BCUT2D eigenvalue weighted by atomic mass is 16.6. The number of benzene rings is 2. The minimum Gasteiger partial charge on any atom is -0.476 e. The normalized spacial score (nSPS) is 17.0. The Hall–Kier alpha value is -2.23. The number of rotatable bonds is 2. The highest BCUT2D eigenvalue weighted by Gasteiger charge is 2.32. The number of esters is 1. The van der Waals surface area contributed by atoms with E-state index < -0.39 is 6.10 Å². The van der Waals surface area contributed by atoms with Gasteiger partial charge < -0.3 is 15.2 Å². The summed E-state index contributed by atoms with van der Waals surface area (Å²) in [7, 11) is 0. The van der Waals surface area contributed by atoms with Crippen molar-refractivity contribution in [2.75, 3.05) is 12.3 Å².